The van der Waals surface area contributed by atoms with Crippen LogP contribution in [-0.2, 0) is 19.1 Å². The molecule has 0 spiro atoms. The van der Waals surface area contributed by atoms with Crippen LogP contribution in [0.2, 0.25) is 0 Å². The Balaban J connectivity index is 0.00000288. The van der Waals surface area contributed by atoms with Crippen LogP contribution in [0.4, 0.5) is 13.2 Å². The van der Waals surface area contributed by atoms with Crippen molar-refractivity contribution in [2.45, 2.75) is 19.1 Å². The van der Waals surface area contributed by atoms with E-state index in [4.69, 9.17) is 5.73 Å². The summed E-state index contributed by atoms with van der Waals surface area (Å²) >= 11 is 0. The van der Waals surface area contributed by atoms with Crippen molar-refractivity contribution >= 4 is 29.9 Å². The first kappa shape index (κ1) is 20.3. The van der Waals surface area contributed by atoms with Crippen molar-refractivity contribution in [3.05, 3.63) is 71.3 Å². The van der Waals surface area contributed by atoms with Gasteiger partial charge < -0.3 is 11.1 Å². The number of benzene rings is 2. The minimum absolute atomic E-state index is 0. The molecule has 0 saturated carbocycles. The van der Waals surface area contributed by atoms with Gasteiger partial charge in [-0.1, -0.05) is 42.5 Å². The standard InChI is InChI=1S/C17H18F3N3.HI/c18-17(19,20)15-8-4-7-14(11-15)12-23-16(21)22-10-9-13-5-2-1-3-6-13;/h1-8,11H,9-10,12H2,(H3,21,22,23);1H. The molecule has 3 N–H and O–H groups in total. The highest BCUT2D eigenvalue weighted by Gasteiger charge is 2.30. The quantitative estimate of drug-likeness (QED) is 0.413. The van der Waals surface area contributed by atoms with Crippen LogP contribution < -0.4 is 11.1 Å². The zero-order valence-electron chi connectivity index (χ0n) is 12.9. The molecule has 0 bridgehead atoms. The summed E-state index contributed by atoms with van der Waals surface area (Å²) in [5, 5.41) is 2.95. The molecule has 0 amide bonds. The summed E-state index contributed by atoms with van der Waals surface area (Å²) in [6.07, 6.45) is -3.56. The number of hydrogen-bond donors (Lipinski definition) is 2. The Labute approximate surface area is 156 Å². The monoisotopic (exact) mass is 449 g/mol. The third-order valence-corrected chi connectivity index (χ3v) is 3.25. The molecule has 0 fully saturated rings. The fourth-order valence-corrected chi connectivity index (χ4v) is 2.06. The van der Waals surface area contributed by atoms with Gasteiger partial charge in [0, 0.05) is 6.54 Å². The minimum atomic E-state index is -4.35. The molecular formula is C17H19F3IN3. The van der Waals surface area contributed by atoms with Crippen molar-refractivity contribution < 1.29 is 13.2 Å². The number of hydrogen-bond acceptors (Lipinski definition) is 1. The van der Waals surface area contributed by atoms with Crippen molar-refractivity contribution in [3.8, 4) is 0 Å². The Kier molecular flexibility index (Phi) is 8.03. The smallest absolute Gasteiger partial charge is 0.370 e. The van der Waals surface area contributed by atoms with Crippen molar-refractivity contribution in [2.75, 3.05) is 6.54 Å². The number of halogens is 4. The van der Waals surface area contributed by atoms with Crippen LogP contribution in [0.25, 0.3) is 0 Å². The van der Waals surface area contributed by atoms with Gasteiger partial charge in [-0.25, -0.2) is 4.99 Å². The number of nitrogens with one attached hydrogen (secondary N) is 1. The molecule has 0 aliphatic heterocycles. The first-order valence-electron chi connectivity index (χ1n) is 7.19. The van der Waals surface area contributed by atoms with E-state index in [0.717, 1.165) is 18.6 Å². The molecule has 0 unspecified atom stereocenters. The van der Waals surface area contributed by atoms with Crippen LogP contribution in [0, 0.1) is 0 Å². The lowest BCUT2D eigenvalue weighted by atomic mass is 10.1. The zero-order chi connectivity index (χ0) is 16.7. The number of aliphatic imine (C=N–C) groups is 1. The molecule has 130 valence electrons. The zero-order valence-corrected chi connectivity index (χ0v) is 15.2. The van der Waals surface area contributed by atoms with Gasteiger partial charge in [-0.05, 0) is 29.7 Å². The molecule has 24 heavy (non-hydrogen) atoms. The number of rotatable bonds is 5. The molecule has 0 saturated heterocycles. The summed E-state index contributed by atoms with van der Waals surface area (Å²) in [4.78, 5) is 4.06. The maximum absolute atomic E-state index is 12.6. The third kappa shape index (κ3) is 6.77. The number of alkyl halides is 3. The van der Waals surface area contributed by atoms with E-state index in [1.165, 1.54) is 11.6 Å². The van der Waals surface area contributed by atoms with Gasteiger partial charge >= 0.3 is 6.18 Å². The summed E-state index contributed by atoms with van der Waals surface area (Å²) < 4.78 is 37.9. The van der Waals surface area contributed by atoms with Gasteiger partial charge in [-0.2, -0.15) is 13.2 Å². The highest BCUT2D eigenvalue weighted by Crippen LogP contribution is 2.29. The second-order valence-corrected chi connectivity index (χ2v) is 5.06. The average Bonchev–Trinajstić information content (AvgIpc) is 2.53. The van der Waals surface area contributed by atoms with E-state index in [1.54, 1.807) is 6.07 Å². The lowest BCUT2D eigenvalue weighted by Gasteiger charge is -2.08. The largest absolute Gasteiger partial charge is 0.416 e. The number of nitrogens with zero attached hydrogens (tertiary/aromatic N) is 1. The van der Waals surface area contributed by atoms with Crippen LogP contribution in [0.15, 0.2) is 59.6 Å². The van der Waals surface area contributed by atoms with E-state index in [1.807, 2.05) is 30.3 Å². The van der Waals surface area contributed by atoms with Gasteiger partial charge in [0.25, 0.3) is 0 Å². The number of nitrogens with two attached hydrogens (primary N) is 1. The summed E-state index contributed by atoms with van der Waals surface area (Å²) in [6, 6.07) is 15.0. The van der Waals surface area contributed by atoms with E-state index in [-0.39, 0.29) is 36.5 Å². The second-order valence-electron chi connectivity index (χ2n) is 5.06. The summed E-state index contributed by atoms with van der Waals surface area (Å²) in [7, 11) is 0. The predicted octanol–water partition coefficient (Wildman–Crippen LogP) is 3.97. The molecule has 0 heterocycles. The Morgan fingerprint density at radius 3 is 2.33 bits per heavy atom. The fourth-order valence-electron chi connectivity index (χ4n) is 2.06. The van der Waals surface area contributed by atoms with Crippen molar-refractivity contribution in [3.63, 3.8) is 0 Å². The molecule has 0 aliphatic rings. The van der Waals surface area contributed by atoms with Crippen LogP contribution in [-0.4, -0.2) is 12.5 Å². The topological polar surface area (TPSA) is 50.4 Å². The van der Waals surface area contributed by atoms with E-state index in [2.05, 4.69) is 10.3 Å². The summed E-state index contributed by atoms with van der Waals surface area (Å²) in [5.74, 6) is 0.221. The van der Waals surface area contributed by atoms with Crippen molar-refractivity contribution in [1.29, 1.82) is 0 Å². The van der Waals surface area contributed by atoms with Crippen LogP contribution in [0.3, 0.4) is 0 Å². The maximum Gasteiger partial charge on any atom is 0.416 e. The molecule has 0 radical (unpaired) electrons. The van der Waals surface area contributed by atoms with Gasteiger partial charge in [0.2, 0.25) is 0 Å². The Bertz CT molecular complexity index is 658. The molecule has 0 atom stereocenters. The van der Waals surface area contributed by atoms with Crippen molar-refractivity contribution in [1.82, 2.24) is 5.32 Å². The van der Waals surface area contributed by atoms with Crippen LogP contribution in [0.5, 0.6) is 0 Å². The minimum Gasteiger partial charge on any atom is -0.370 e. The molecule has 7 heteroatoms. The molecular weight excluding hydrogens is 430 g/mol. The molecule has 2 rings (SSSR count). The van der Waals surface area contributed by atoms with Gasteiger partial charge in [-0.3, -0.25) is 0 Å². The second kappa shape index (κ2) is 9.51. The van der Waals surface area contributed by atoms with Gasteiger partial charge in [0.05, 0.1) is 12.1 Å². The first-order valence-corrected chi connectivity index (χ1v) is 7.19. The molecule has 0 aliphatic carbocycles. The van der Waals surface area contributed by atoms with Gasteiger partial charge in [0.1, 0.15) is 0 Å². The maximum atomic E-state index is 12.6. The van der Waals surface area contributed by atoms with Gasteiger partial charge in [-0.15, -0.1) is 24.0 Å². The summed E-state index contributed by atoms with van der Waals surface area (Å²) in [5.41, 5.74) is 6.68. The Hall–Kier alpha value is -1.77. The highest BCUT2D eigenvalue weighted by molar-refractivity contribution is 14.0. The molecule has 0 aromatic heterocycles. The van der Waals surface area contributed by atoms with E-state index in [0.29, 0.717) is 12.1 Å². The molecule has 2 aromatic rings. The third-order valence-electron chi connectivity index (χ3n) is 3.25. The normalized spacial score (nSPS) is 11.7. The van der Waals surface area contributed by atoms with E-state index < -0.39 is 11.7 Å². The lowest BCUT2D eigenvalue weighted by molar-refractivity contribution is -0.137. The summed E-state index contributed by atoms with van der Waals surface area (Å²) in [6.45, 7) is 0.718. The lowest BCUT2D eigenvalue weighted by Crippen LogP contribution is -2.33. The van der Waals surface area contributed by atoms with E-state index in [9.17, 15) is 13.2 Å². The molecule has 2 aromatic carbocycles. The van der Waals surface area contributed by atoms with Crippen LogP contribution >= 0.6 is 24.0 Å². The SMILES string of the molecule is I.NC(=NCc1cccc(C(F)(F)F)c1)NCCc1ccccc1. The van der Waals surface area contributed by atoms with Crippen molar-refractivity contribution in [2.24, 2.45) is 10.7 Å². The van der Waals surface area contributed by atoms with E-state index >= 15 is 0 Å². The van der Waals surface area contributed by atoms with Gasteiger partial charge in [0.15, 0.2) is 5.96 Å². The first-order chi connectivity index (χ1) is 10.9. The fraction of sp³-hybridized carbons (Fsp3) is 0.235. The average molecular weight is 449 g/mol. The Morgan fingerprint density at radius 1 is 1.00 bits per heavy atom. The predicted molar refractivity (Wildman–Crippen MR) is 100 cm³/mol. The Morgan fingerprint density at radius 2 is 1.67 bits per heavy atom. The number of guanidine groups is 1. The molecule has 3 nitrogen and oxygen atoms in total. The highest BCUT2D eigenvalue weighted by atomic mass is 127. The van der Waals surface area contributed by atoms with Crippen LogP contribution in [0.1, 0.15) is 16.7 Å².